The lowest BCUT2D eigenvalue weighted by atomic mass is 9.99. The molecule has 1 saturated heterocycles. The quantitative estimate of drug-likeness (QED) is 0.642. The summed E-state index contributed by atoms with van der Waals surface area (Å²) in [6, 6.07) is 0.823. The zero-order valence-corrected chi connectivity index (χ0v) is 11.0. The van der Waals surface area contributed by atoms with Crippen molar-refractivity contribution >= 4 is 0 Å². The van der Waals surface area contributed by atoms with E-state index in [1.165, 1.54) is 51.6 Å². The monoisotopic (exact) mass is 228 g/mol. The third-order valence-corrected chi connectivity index (χ3v) is 3.52. The molecule has 0 radical (unpaired) electrons. The van der Waals surface area contributed by atoms with Crippen molar-refractivity contribution in [3.05, 3.63) is 0 Å². The van der Waals surface area contributed by atoms with Crippen molar-refractivity contribution in [1.29, 1.82) is 0 Å². The highest BCUT2D eigenvalue weighted by atomic mass is 16.5. The minimum Gasteiger partial charge on any atom is -0.385 e. The van der Waals surface area contributed by atoms with E-state index in [0.29, 0.717) is 0 Å². The van der Waals surface area contributed by atoms with Crippen molar-refractivity contribution < 1.29 is 4.74 Å². The Morgan fingerprint density at radius 1 is 1.31 bits per heavy atom. The minimum atomic E-state index is 0.823. The summed E-state index contributed by atoms with van der Waals surface area (Å²) < 4.78 is 5.09. The summed E-state index contributed by atoms with van der Waals surface area (Å²) in [7, 11) is 3.84. The molecule has 0 aliphatic carbocycles. The molecule has 1 unspecified atom stereocenters. The first-order chi connectivity index (χ1) is 7.88. The summed E-state index contributed by atoms with van der Waals surface area (Å²) in [6.07, 6.45) is 7.99. The van der Waals surface area contributed by atoms with Crippen molar-refractivity contribution in [2.75, 3.05) is 40.4 Å². The normalized spacial score (nSPS) is 22.5. The fraction of sp³-hybridized carbons (Fsp3) is 1.00. The molecule has 1 N–H and O–H groups in total. The van der Waals surface area contributed by atoms with Crippen LogP contribution in [0.25, 0.3) is 0 Å². The number of rotatable bonds is 8. The maximum absolute atomic E-state index is 5.09. The zero-order chi connectivity index (χ0) is 11.6. The van der Waals surface area contributed by atoms with Crippen molar-refractivity contribution in [3.63, 3.8) is 0 Å². The molecule has 3 nitrogen and oxygen atoms in total. The number of hydrogen-bond acceptors (Lipinski definition) is 3. The molecular weight excluding hydrogens is 200 g/mol. The maximum atomic E-state index is 5.09. The molecule has 1 aliphatic rings. The number of nitrogens with one attached hydrogen (secondary N) is 1. The second kappa shape index (κ2) is 8.97. The summed E-state index contributed by atoms with van der Waals surface area (Å²) in [4.78, 5) is 2.69. The molecule has 0 aromatic carbocycles. The van der Waals surface area contributed by atoms with Crippen LogP contribution in [0.5, 0.6) is 0 Å². The van der Waals surface area contributed by atoms with Gasteiger partial charge in [0.1, 0.15) is 0 Å². The number of methoxy groups -OCH3 is 1. The van der Waals surface area contributed by atoms with Gasteiger partial charge in [0, 0.05) is 19.8 Å². The van der Waals surface area contributed by atoms with Gasteiger partial charge in [0.25, 0.3) is 0 Å². The third kappa shape index (κ3) is 5.28. The van der Waals surface area contributed by atoms with Crippen molar-refractivity contribution in [3.8, 4) is 0 Å². The van der Waals surface area contributed by atoms with Gasteiger partial charge in [0.05, 0.1) is 0 Å². The molecule has 96 valence electrons. The Hall–Kier alpha value is -0.120. The molecule has 1 rings (SSSR count). The Morgan fingerprint density at radius 3 is 2.94 bits per heavy atom. The average molecular weight is 228 g/mol. The summed E-state index contributed by atoms with van der Waals surface area (Å²) in [5.41, 5.74) is 0. The summed E-state index contributed by atoms with van der Waals surface area (Å²) in [6.45, 7) is 4.63. The lowest BCUT2D eigenvalue weighted by Crippen LogP contribution is -2.41. The van der Waals surface area contributed by atoms with Gasteiger partial charge in [-0.3, -0.25) is 0 Å². The van der Waals surface area contributed by atoms with Gasteiger partial charge in [0.15, 0.2) is 0 Å². The van der Waals surface area contributed by atoms with E-state index in [1.807, 2.05) is 7.05 Å². The van der Waals surface area contributed by atoms with E-state index in [-0.39, 0.29) is 0 Å². The minimum absolute atomic E-state index is 0.823. The van der Waals surface area contributed by atoms with Gasteiger partial charge in [-0.2, -0.15) is 0 Å². The highest BCUT2D eigenvalue weighted by Gasteiger charge is 2.20. The largest absolute Gasteiger partial charge is 0.385 e. The van der Waals surface area contributed by atoms with Gasteiger partial charge in [-0.25, -0.2) is 0 Å². The molecule has 0 spiro atoms. The molecule has 1 heterocycles. The van der Waals surface area contributed by atoms with E-state index in [1.54, 1.807) is 7.11 Å². The molecule has 0 aromatic rings. The number of ether oxygens (including phenoxy) is 1. The van der Waals surface area contributed by atoms with Gasteiger partial charge in [-0.15, -0.1) is 0 Å². The smallest absolute Gasteiger partial charge is 0.0462 e. The van der Waals surface area contributed by atoms with E-state index in [9.17, 15) is 0 Å². The highest BCUT2D eigenvalue weighted by Crippen LogP contribution is 2.19. The molecule has 1 aliphatic heterocycles. The first-order valence-corrected chi connectivity index (χ1v) is 6.76. The first kappa shape index (κ1) is 13.9. The van der Waals surface area contributed by atoms with Gasteiger partial charge in [-0.05, 0) is 58.8 Å². The topological polar surface area (TPSA) is 24.5 Å². The zero-order valence-electron chi connectivity index (χ0n) is 11.0. The van der Waals surface area contributed by atoms with Crippen LogP contribution in [0.2, 0.25) is 0 Å². The van der Waals surface area contributed by atoms with Crippen LogP contribution in [0.1, 0.15) is 38.5 Å². The van der Waals surface area contributed by atoms with Crippen LogP contribution in [0.15, 0.2) is 0 Å². The molecule has 0 amide bonds. The van der Waals surface area contributed by atoms with E-state index >= 15 is 0 Å². The van der Waals surface area contributed by atoms with Crippen LogP contribution < -0.4 is 5.32 Å². The lowest BCUT2D eigenvalue weighted by Gasteiger charge is -2.35. The van der Waals surface area contributed by atoms with Crippen LogP contribution in [-0.4, -0.2) is 51.3 Å². The standard InChI is InChI=1S/C13H28N2O/c1-14-9-8-13-7-3-4-10-15(13)11-5-6-12-16-2/h13-14H,3-12H2,1-2H3. The second-order valence-corrected chi connectivity index (χ2v) is 4.78. The number of nitrogens with zero attached hydrogens (tertiary/aromatic N) is 1. The van der Waals surface area contributed by atoms with Gasteiger partial charge in [0.2, 0.25) is 0 Å². The van der Waals surface area contributed by atoms with Crippen molar-refractivity contribution in [1.82, 2.24) is 10.2 Å². The fourth-order valence-electron chi connectivity index (χ4n) is 2.55. The van der Waals surface area contributed by atoms with Crippen LogP contribution in [-0.2, 0) is 4.74 Å². The molecule has 1 atom stereocenters. The predicted molar refractivity (Wildman–Crippen MR) is 68.9 cm³/mol. The van der Waals surface area contributed by atoms with Gasteiger partial charge < -0.3 is 15.0 Å². The fourth-order valence-corrected chi connectivity index (χ4v) is 2.55. The summed E-state index contributed by atoms with van der Waals surface area (Å²) in [5.74, 6) is 0. The maximum Gasteiger partial charge on any atom is 0.0462 e. The Kier molecular flexibility index (Phi) is 7.81. The van der Waals surface area contributed by atoms with Gasteiger partial charge in [-0.1, -0.05) is 6.42 Å². The second-order valence-electron chi connectivity index (χ2n) is 4.78. The molecule has 16 heavy (non-hydrogen) atoms. The first-order valence-electron chi connectivity index (χ1n) is 6.76. The number of likely N-dealkylation sites (tertiary alicyclic amines) is 1. The molecular formula is C13H28N2O. The number of unbranched alkanes of at least 4 members (excludes halogenated alkanes) is 1. The van der Waals surface area contributed by atoms with Crippen LogP contribution in [0.4, 0.5) is 0 Å². The summed E-state index contributed by atoms with van der Waals surface area (Å²) in [5, 5.41) is 3.27. The van der Waals surface area contributed by atoms with Crippen LogP contribution in [0, 0.1) is 0 Å². The number of piperidine rings is 1. The van der Waals surface area contributed by atoms with Gasteiger partial charge >= 0.3 is 0 Å². The summed E-state index contributed by atoms with van der Waals surface area (Å²) >= 11 is 0. The van der Waals surface area contributed by atoms with E-state index < -0.39 is 0 Å². The lowest BCUT2D eigenvalue weighted by molar-refractivity contribution is 0.129. The average Bonchev–Trinajstić information content (AvgIpc) is 2.33. The SMILES string of the molecule is CNCCC1CCCCN1CCCCOC. The molecule has 0 bridgehead atoms. The molecule has 0 aromatic heterocycles. The van der Waals surface area contributed by atoms with Crippen LogP contribution >= 0.6 is 0 Å². The van der Waals surface area contributed by atoms with Crippen molar-refractivity contribution in [2.24, 2.45) is 0 Å². The Morgan fingerprint density at radius 2 is 2.19 bits per heavy atom. The molecule has 3 heteroatoms. The van der Waals surface area contributed by atoms with Crippen LogP contribution in [0.3, 0.4) is 0 Å². The predicted octanol–water partition coefficient (Wildman–Crippen LogP) is 1.88. The van der Waals surface area contributed by atoms with E-state index in [4.69, 9.17) is 4.74 Å². The van der Waals surface area contributed by atoms with E-state index in [0.717, 1.165) is 19.2 Å². The number of hydrogen-bond donors (Lipinski definition) is 1. The van der Waals surface area contributed by atoms with E-state index in [2.05, 4.69) is 10.2 Å². The Bertz CT molecular complexity index is 164. The third-order valence-electron chi connectivity index (χ3n) is 3.52. The highest BCUT2D eigenvalue weighted by molar-refractivity contribution is 4.77. The molecule has 1 fully saturated rings. The Balaban J connectivity index is 2.18. The molecule has 0 saturated carbocycles. The Labute approximate surface area is 101 Å². The van der Waals surface area contributed by atoms with Crippen molar-refractivity contribution in [2.45, 2.75) is 44.6 Å².